The number of benzene rings is 1. The van der Waals surface area contributed by atoms with Crippen molar-refractivity contribution < 1.29 is 13.2 Å². The van der Waals surface area contributed by atoms with E-state index in [4.69, 9.17) is 11.6 Å². The molecule has 1 nitrogen and oxygen atoms in total. The predicted octanol–water partition coefficient (Wildman–Crippen LogP) is 4.56. The Balaban J connectivity index is 2.22. The highest BCUT2D eigenvalue weighted by Crippen LogP contribution is 2.40. The molecule has 0 radical (unpaired) electrons. The zero-order valence-electron chi connectivity index (χ0n) is 10.8. The molecule has 19 heavy (non-hydrogen) atoms. The average Bonchev–Trinajstić information content (AvgIpc) is 2.38. The molecule has 5 heteroatoms. The highest BCUT2D eigenvalue weighted by atomic mass is 35.5. The van der Waals surface area contributed by atoms with Crippen molar-refractivity contribution in [2.75, 3.05) is 19.6 Å². The van der Waals surface area contributed by atoms with E-state index in [9.17, 15) is 13.2 Å². The smallest absolute Gasteiger partial charge is 0.304 e. The lowest BCUT2D eigenvalue weighted by molar-refractivity contribution is -0.137. The summed E-state index contributed by atoms with van der Waals surface area (Å²) in [7, 11) is 0. The van der Waals surface area contributed by atoms with Gasteiger partial charge in [0.2, 0.25) is 0 Å². The third-order valence-electron chi connectivity index (χ3n) is 3.81. The maximum absolute atomic E-state index is 12.8. The fourth-order valence-corrected chi connectivity index (χ4v) is 3.03. The van der Waals surface area contributed by atoms with Gasteiger partial charge in [0.05, 0.1) is 10.6 Å². The fourth-order valence-electron chi connectivity index (χ4n) is 2.64. The van der Waals surface area contributed by atoms with Crippen LogP contribution in [-0.2, 0) is 6.18 Å². The van der Waals surface area contributed by atoms with E-state index < -0.39 is 11.7 Å². The number of likely N-dealkylation sites (tertiary alicyclic amines) is 1. The maximum atomic E-state index is 12.8. The van der Waals surface area contributed by atoms with Crippen molar-refractivity contribution in [2.45, 2.75) is 31.9 Å². The molecule has 0 unspecified atom stereocenters. The summed E-state index contributed by atoms with van der Waals surface area (Å²) in [4.78, 5) is 2.30. The van der Waals surface area contributed by atoms with Gasteiger partial charge in [-0.1, -0.05) is 30.7 Å². The minimum Gasteiger partial charge on any atom is -0.304 e. The first kappa shape index (κ1) is 14.7. The van der Waals surface area contributed by atoms with Crippen molar-refractivity contribution in [3.8, 4) is 0 Å². The van der Waals surface area contributed by atoms with Crippen LogP contribution < -0.4 is 0 Å². The quantitative estimate of drug-likeness (QED) is 0.772. The molecule has 1 saturated heterocycles. The van der Waals surface area contributed by atoms with Crippen molar-refractivity contribution in [1.29, 1.82) is 0 Å². The standard InChI is InChI=1S/C14H17ClF3N/c1-2-19-8-6-10(7-9-19)11-4-3-5-12(13(11)15)14(16,17)18/h3-5,10H,2,6-9H2,1H3. The summed E-state index contributed by atoms with van der Waals surface area (Å²) in [5, 5.41) is -0.120. The number of hydrogen-bond donors (Lipinski definition) is 0. The Labute approximate surface area is 116 Å². The van der Waals surface area contributed by atoms with Crippen molar-refractivity contribution in [1.82, 2.24) is 4.90 Å². The van der Waals surface area contributed by atoms with E-state index in [2.05, 4.69) is 11.8 Å². The molecule has 106 valence electrons. The van der Waals surface area contributed by atoms with Gasteiger partial charge >= 0.3 is 6.18 Å². The van der Waals surface area contributed by atoms with Crippen LogP contribution in [-0.4, -0.2) is 24.5 Å². The normalized spacial score (nSPS) is 18.8. The Morgan fingerprint density at radius 3 is 2.42 bits per heavy atom. The Morgan fingerprint density at radius 1 is 1.26 bits per heavy atom. The number of hydrogen-bond acceptors (Lipinski definition) is 1. The molecule has 0 saturated carbocycles. The van der Waals surface area contributed by atoms with Crippen LogP contribution in [0.3, 0.4) is 0 Å². The van der Waals surface area contributed by atoms with Gasteiger partial charge in [-0.3, -0.25) is 0 Å². The van der Waals surface area contributed by atoms with Crippen molar-refractivity contribution in [3.05, 3.63) is 34.3 Å². The van der Waals surface area contributed by atoms with Gasteiger partial charge in [-0.25, -0.2) is 0 Å². The summed E-state index contributed by atoms with van der Waals surface area (Å²) in [6.07, 6.45) is -2.64. The Bertz CT molecular complexity index is 437. The summed E-state index contributed by atoms with van der Waals surface area (Å²) in [5.74, 6) is 0.137. The minimum atomic E-state index is -4.38. The Morgan fingerprint density at radius 2 is 1.89 bits per heavy atom. The van der Waals surface area contributed by atoms with E-state index in [1.165, 1.54) is 6.07 Å². The molecule has 0 bridgehead atoms. The van der Waals surface area contributed by atoms with Crippen LogP contribution in [0.5, 0.6) is 0 Å². The molecule has 2 rings (SSSR count). The van der Waals surface area contributed by atoms with E-state index in [0.29, 0.717) is 5.56 Å². The van der Waals surface area contributed by atoms with Gasteiger partial charge < -0.3 is 4.90 Å². The maximum Gasteiger partial charge on any atom is 0.417 e. The van der Waals surface area contributed by atoms with Gasteiger partial charge in [-0.05, 0) is 50.0 Å². The summed E-state index contributed by atoms with van der Waals surface area (Å²) in [5.41, 5.74) is -0.0724. The molecule has 1 aromatic carbocycles. The van der Waals surface area contributed by atoms with Crippen LogP contribution in [0.25, 0.3) is 0 Å². The second kappa shape index (κ2) is 5.71. The van der Waals surface area contributed by atoms with Crippen LogP contribution in [0.1, 0.15) is 36.8 Å². The molecule has 0 atom stereocenters. The molecule has 1 aliphatic heterocycles. The topological polar surface area (TPSA) is 3.24 Å². The highest BCUT2D eigenvalue weighted by Gasteiger charge is 2.35. The van der Waals surface area contributed by atoms with Crippen molar-refractivity contribution in [2.24, 2.45) is 0 Å². The monoisotopic (exact) mass is 291 g/mol. The van der Waals surface area contributed by atoms with E-state index in [-0.39, 0.29) is 10.9 Å². The number of piperidine rings is 1. The summed E-state index contributed by atoms with van der Waals surface area (Å²) in [6.45, 7) is 4.93. The van der Waals surface area contributed by atoms with Crippen LogP contribution >= 0.6 is 11.6 Å². The zero-order chi connectivity index (χ0) is 14.0. The molecular weight excluding hydrogens is 275 g/mol. The van der Waals surface area contributed by atoms with Gasteiger partial charge in [-0.2, -0.15) is 13.2 Å². The third-order valence-corrected chi connectivity index (χ3v) is 4.23. The molecule has 0 aromatic heterocycles. The largest absolute Gasteiger partial charge is 0.417 e. The SMILES string of the molecule is CCN1CCC(c2cccc(C(F)(F)F)c2Cl)CC1. The number of halogens is 4. The van der Waals surface area contributed by atoms with Crippen LogP contribution in [0.15, 0.2) is 18.2 Å². The zero-order valence-corrected chi connectivity index (χ0v) is 11.6. The lowest BCUT2D eigenvalue weighted by atomic mass is 9.88. The Hall–Kier alpha value is -0.740. The first-order chi connectivity index (χ1) is 8.93. The van der Waals surface area contributed by atoms with E-state index in [1.807, 2.05) is 0 Å². The molecule has 0 N–H and O–H groups in total. The number of alkyl halides is 3. The highest BCUT2D eigenvalue weighted by molar-refractivity contribution is 6.32. The lowest BCUT2D eigenvalue weighted by Gasteiger charge is -2.32. The van der Waals surface area contributed by atoms with Gasteiger partial charge in [-0.15, -0.1) is 0 Å². The third kappa shape index (κ3) is 3.23. The van der Waals surface area contributed by atoms with Crippen LogP contribution in [0.4, 0.5) is 13.2 Å². The van der Waals surface area contributed by atoms with Gasteiger partial charge in [0, 0.05) is 0 Å². The summed E-state index contributed by atoms with van der Waals surface area (Å²) < 4.78 is 38.5. The number of rotatable bonds is 2. The van der Waals surface area contributed by atoms with Crippen LogP contribution in [0.2, 0.25) is 5.02 Å². The molecule has 0 aliphatic carbocycles. The second-order valence-corrected chi connectivity index (χ2v) is 5.29. The van der Waals surface area contributed by atoms with Gasteiger partial charge in [0.25, 0.3) is 0 Å². The van der Waals surface area contributed by atoms with Crippen molar-refractivity contribution >= 4 is 11.6 Å². The van der Waals surface area contributed by atoms with E-state index in [1.54, 1.807) is 6.07 Å². The molecule has 0 amide bonds. The first-order valence-corrected chi connectivity index (χ1v) is 6.89. The lowest BCUT2D eigenvalue weighted by Crippen LogP contribution is -2.32. The molecule has 0 spiro atoms. The molecular formula is C14H17ClF3N. The van der Waals surface area contributed by atoms with Gasteiger partial charge in [0.15, 0.2) is 0 Å². The number of nitrogens with zero attached hydrogens (tertiary/aromatic N) is 1. The molecule has 1 aromatic rings. The average molecular weight is 292 g/mol. The summed E-state index contributed by atoms with van der Waals surface area (Å²) in [6, 6.07) is 4.23. The van der Waals surface area contributed by atoms with Gasteiger partial charge in [0.1, 0.15) is 0 Å². The fraction of sp³-hybridized carbons (Fsp3) is 0.571. The van der Waals surface area contributed by atoms with Crippen molar-refractivity contribution in [3.63, 3.8) is 0 Å². The van der Waals surface area contributed by atoms with Crippen LogP contribution in [0, 0.1) is 0 Å². The van der Waals surface area contributed by atoms with E-state index >= 15 is 0 Å². The predicted molar refractivity (Wildman–Crippen MR) is 70.5 cm³/mol. The molecule has 1 heterocycles. The first-order valence-electron chi connectivity index (χ1n) is 6.51. The summed E-state index contributed by atoms with van der Waals surface area (Å²) >= 11 is 5.96. The molecule has 1 fully saturated rings. The Kier molecular flexibility index (Phi) is 4.41. The molecule has 1 aliphatic rings. The van der Waals surface area contributed by atoms with E-state index in [0.717, 1.165) is 38.5 Å². The minimum absolute atomic E-state index is 0.120. The second-order valence-electron chi connectivity index (χ2n) is 4.92.